The maximum Gasteiger partial charge on any atom is 0.168 e. The topological polar surface area (TPSA) is 18.5 Å². The Bertz CT molecular complexity index is 1030. The Labute approximate surface area is 141 Å². The molecule has 0 radical (unpaired) electrons. The van der Waals surface area contributed by atoms with Crippen LogP contribution in [0.1, 0.15) is 0 Å². The molecule has 0 atom stereocenters. The largest absolute Gasteiger partial charge is 0.493 e. The van der Waals surface area contributed by atoms with Crippen LogP contribution in [0.25, 0.3) is 32.7 Å². The van der Waals surface area contributed by atoms with Gasteiger partial charge in [-0.2, -0.15) is 0 Å². The van der Waals surface area contributed by atoms with Crippen molar-refractivity contribution in [1.82, 2.24) is 0 Å². The quantitative estimate of drug-likeness (QED) is 0.453. The third-order valence-electron chi connectivity index (χ3n) is 4.42. The molecule has 0 aliphatic carbocycles. The minimum Gasteiger partial charge on any atom is -0.493 e. The molecule has 0 aliphatic heterocycles. The predicted molar refractivity (Wildman–Crippen MR) is 100.0 cm³/mol. The SMILES string of the molecule is COc1cccc(-c2ccc3cc4ccccc4cc3c2)c1OC. The Morgan fingerprint density at radius 1 is 0.583 bits per heavy atom. The lowest BCUT2D eigenvalue weighted by Gasteiger charge is -2.13. The Hall–Kier alpha value is -3.00. The highest BCUT2D eigenvalue weighted by atomic mass is 16.5. The molecular formula is C22H18O2. The Morgan fingerprint density at radius 2 is 1.29 bits per heavy atom. The Kier molecular flexibility index (Phi) is 3.58. The molecule has 0 aliphatic rings. The molecule has 4 aromatic rings. The standard InChI is InChI=1S/C22H18O2/c1-23-21-9-5-8-20(22(21)24-2)18-11-10-17-12-15-6-3-4-7-16(15)13-19(17)14-18/h3-14H,1-2H3. The molecule has 0 N–H and O–H groups in total. The zero-order chi connectivity index (χ0) is 16.5. The Balaban J connectivity index is 1.93. The summed E-state index contributed by atoms with van der Waals surface area (Å²) in [6.07, 6.45) is 0. The van der Waals surface area contributed by atoms with Gasteiger partial charge in [-0.1, -0.05) is 48.5 Å². The van der Waals surface area contributed by atoms with Gasteiger partial charge in [-0.25, -0.2) is 0 Å². The van der Waals surface area contributed by atoms with Crippen LogP contribution in [-0.2, 0) is 0 Å². The summed E-state index contributed by atoms with van der Waals surface area (Å²) in [4.78, 5) is 0. The number of para-hydroxylation sites is 1. The second-order valence-electron chi connectivity index (χ2n) is 5.80. The van der Waals surface area contributed by atoms with Crippen molar-refractivity contribution in [3.05, 3.63) is 72.8 Å². The van der Waals surface area contributed by atoms with Crippen molar-refractivity contribution in [2.45, 2.75) is 0 Å². The van der Waals surface area contributed by atoms with E-state index in [4.69, 9.17) is 9.47 Å². The number of benzene rings is 4. The van der Waals surface area contributed by atoms with Gasteiger partial charge in [0.2, 0.25) is 0 Å². The molecular weight excluding hydrogens is 296 g/mol. The molecule has 0 fully saturated rings. The molecule has 2 nitrogen and oxygen atoms in total. The highest BCUT2D eigenvalue weighted by Crippen LogP contribution is 2.39. The fraction of sp³-hybridized carbons (Fsp3) is 0.0909. The highest BCUT2D eigenvalue weighted by Gasteiger charge is 2.11. The first kappa shape index (κ1) is 14.6. The first-order chi connectivity index (χ1) is 11.8. The second kappa shape index (κ2) is 5.89. The van der Waals surface area contributed by atoms with E-state index in [-0.39, 0.29) is 0 Å². The summed E-state index contributed by atoms with van der Waals surface area (Å²) < 4.78 is 11.0. The summed E-state index contributed by atoms with van der Waals surface area (Å²) >= 11 is 0. The summed E-state index contributed by atoms with van der Waals surface area (Å²) in [6, 6.07) is 25.4. The second-order valence-corrected chi connectivity index (χ2v) is 5.80. The van der Waals surface area contributed by atoms with Gasteiger partial charge in [0.05, 0.1) is 14.2 Å². The fourth-order valence-corrected chi connectivity index (χ4v) is 3.22. The third kappa shape index (κ3) is 2.37. The lowest BCUT2D eigenvalue weighted by Crippen LogP contribution is -1.93. The van der Waals surface area contributed by atoms with Crippen LogP contribution in [-0.4, -0.2) is 14.2 Å². The molecule has 0 heterocycles. The van der Waals surface area contributed by atoms with Crippen LogP contribution in [0.4, 0.5) is 0 Å². The first-order valence-corrected chi connectivity index (χ1v) is 7.94. The number of hydrogen-bond donors (Lipinski definition) is 0. The van der Waals surface area contributed by atoms with Crippen molar-refractivity contribution < 1.29 is 9.47 Å². The van der Waals surface area contributed by atoms with Gasteiger partial charge < -0.3 is 9.47 Å². The van der Waals surface area contributed by atoms with Crippen LogP contribution in [0.5, 0.6) is 11.5 Å². The number of methoxy groups -OCH3 is 2. The molecule has 4 rings (SSSR count). The van der Waals surface area contributed by atoms with Crippen molar-refractivity contribution in [2.75, 3.05) is 14.2 Å². The van der Waals surface area contributed by atoms with Crippen molar-refractivity contribution in [3.63, 3.8) is 0 Å². The van der Waals surface area contributed by atoms with E-state index in [2.05, 4.69) is 60.7 Å². The van der Waals surface area contributed by atoms with Crippen molar-refractivity contribution in [1.29, 1.82) is 0 Å². The van der Waals surface area contributed by atoms with E-state index in [0.717, 1.165) is 22.6 Å². The van der Waals surface area contributed by atoms with E-state index in [9.17, 15) is 0 Å². The summed E-state index contributed by atoms with van der Waals surface area (Å²) in [5.41, 5.74) is 2.15. The minimum atomic E-state index is 0.744. The number of hydrogen-bond acceptors (Lipinski definition) is 2. The van der Waals surface area contributed by atoms with Gasteiger partial charge in [0.15, 0.2) is 11.5 Å². The van der Waals surface area contributed by atoms with Gasteiger partial charge in [-0.3, -0.25) is 0 Å². The van der Waals surface area contributed by atoms with E-state index in [1.165, 1.54) is 21.5 Å². The van der Waals surface area contributed by atoms with Crippen LogP contribution in [0.3, 0.4) is 0 Å². The lowest BCUT2D eigenvalue weighted by molar-refractivity contribution is 0.356. The molecule has 0 saturated heterocycles. The van der Waals surface area contributed by atoms with Crippen molar-refractivity contribution in [2.24, 2.45) is 0 Å². The van der Waals surface area contributed by atoms with E-state index in [1.54, 1.807) is 14.2 Å². The van der Waals surface area contributed by atoms with Gasteiger partial charge in [-0.15, -0.1) is 0 Å². The van der Waals surface area contributed by atoms with Crippen LogP contribution in [0.2, 0.25) is 0 Å². The molecule has 24 heavy (non-hydrogen) atoms. The van der Waals surface area contributed by atoms with E-state index < -0.39 is 0 Å². The van der Waals surface area contributed by atoms with E-state index in [0.29, 0.717) is 0 Å². The van der Waals surface area contributed by atoms with Gasteiger partial charge in [0, 0.05) is 5.56 Å². The smallest absolute Gasteiger partial charge is 0.168 e. The van der Waals surface area contributed by atoms with E-state index in [1.807, 2.05) is 12.1 Å². The zero-order valence-electron chi connectivity index (χ0n) is 13.7. The maximum atomic E-state index is 5.58. The van der Waals surface area contributed by atoms with Gasteiger partial charge in [-0.05, 0) is 51.4 Å². The van der Waals surface area contributed by atoms with Gasteiger partial charge >= 0.3 is 0 Å². The van der Waals surface area contributed by atoms with Gasteiger partial charge in [0.1, 0.15) is 0 Å². The van der Waals surface area contributed by atoms with Crippen LogP contribution in [0.15, 0.2) is 72.8 Å². The summed E-state index contributed by atoms with van der Waals surface area (Å²) in [5.74, 6) is 1.51. The summed E-state index contributed by atoms with van der Waals surface area (Å²) in [7, 11) is 3.34. The molecule has 0 unspecified atom stereocenters. The van der Waals surface area contributed by atoms with Gasteiger partial charge in [0.25, 0.3) is 0 Å². The average Bonchev–Trinajstić information content (AvgIpc) is 2.65. The van der Waals surface area contributed by atoms with Crippen LogP contribution < -0.4 is 9.47 Å². The number of fused-ring (bicyclic) bond motifs is 2. The van der Waals surface area contributed by atoms with Crippen molar-refractivity contribution >= 4 is 21.5 Å². The average molecular weight is 314 g/mol. The predicted octanol–water partition coefficient (Wildman–Crippen LogP) is 5.68. The Morgan fingerprint density at radius 3 is 2.00 bits per heavy atom. The normalized spacial score (nSPS) is 10.9. The third-order valence-corrected chi connectivity index (χ3v) is 4.42. The maximum absolute atomic E-state index is 5.58. The fourth-order valence-electron chi connectivity index (χ4n) is 3.22. The molecule has 0 saturated carbocycles. The number of ether oxygens (including phenoxy) is 2. The number of rotatable bonds is 3. The lowest BCUT2D eigenvalue weighted by atomic mass is 9.98. The highest BCUT2D eigenvalue weighted by molar-refractivity contribution is 6.00. The molecule has 0 spiro atoms. The molecule has 2 heteroatoms. The monoisotopic (exact) mass is 314 g/mol. The zero-order valence-corrected chi connectivity index (χ0v) is 13.7. The molecule has 4 aromatic carbocycles. The van der Waals surface area contributed by atoms with E-state index >= 15 is 0 Å². The first-order valence-electron chi connectivity index (χ1n) is 7.94. The summed E-state index contributed by atoms with van der Waals surface area (Å²) in [6.45, 7) is 0. The molecule has 0 amide bonds. The molecule has 118 valence electrons. The van der Waals surface area contributed by atoms with Crippen LogP contribution >= 0.6 is 0 Å². The minimum absolute atomic E-state index is 0.744. The molecule has 0 bridgehead atoms. The van der Waals surface area contributed by atoms with Crippen LogP contribution in [0, 0.1) is 0 Å². The van der Waals surface area contributed by atoms with Crippen molar-refractivity contribution in [3.8, 4) is 22.6 Å². The summed E-state index contributed by atoms with van der Waals surface area (Å²) in [5, 5.41) is 4.96. The molecule has 0 aromatic heterocycles.